The Balaban J connectivity index is 0.00000225. The summed E-state index contributed by atoms with van der Waals surface area (Å²) in [6, 6.07) is 8.03. The highest BCUT2D eigenvalue weighted by molar-refractivity contribution is 14.0. The minimum atomic E-state index is 0. The van der Waals surface area contributed by atoms with Crippen molar-refractivity contribution in [1.82, 2.24) is 15.2 Å². The highest BCUT2D eigenvalue weighted by Gasteiger charge is 2.21. The molecule has 0 spiro atoms. The van der Waals surface area contributed by atoms with Gasteiger partial charge in [-0.15, -0.1) is 35.3 Å². The van der Waals surface area contributed by atoms with Crippen LogP contribution in [0.15, 0.2) is 35.5 Å². The fraction of sp³-hybridized carbons (Fsp3) is 0.412. The normalized spacial score (nSPS) is 15.1. The molecule has 1 aliphatic rings. The van der Waals surface area contributed by atoms with E-state index in [-0.39, 0.29) is 24.0 Å². The molecule has 1 aliphatic heterocycles. The van der Waals surface area contributed by atoms with Crippen molar-refractivity contribution in [3.8, 4) is 0 Å². The summed E-state index contributed by atoms with van der Waals surface area (Å²) in [5.41, 5.74) is 1.11. The zero-order valence-corrected chi connectivity index (χ0v) is 18.3. The molecule has 0 bridgehead atoms. The first-order valence-corrected chi connectivity index (χ1v) is 9.23. The van der Waals surface area contributed by atoms with Gasteiger partial charge in [0.2, 0.25) is 0 Å². The minimum absolute atomic E-state index is 0. The maximum Gasteiger partial charge on any atom is 0.194 e. The number of aromatic nitrogens is 1. The molecule has 0 unspecified atom stereocenters. The van der Waals surface area contributed by atoms with E-state index in [2.05, 4.69) is 31.2 Å². The third kappa shape index (κ3) is 5.21. The van der Waals surface area contributed by atoms with Crippen LogP contribution in [-0.2, 0) is 6.54 Å². The molecule has 8 heteroatoms. The van der Waals surface area contributed by atoms with Crippen LogP contribution in [0, 0.1) is 6.92 Å². The lowest BCUT2D eigenvalue weighted by Gasteiger charge is -2.38. The molecule has 5 nitrogen and oxygen atoms in total. The summed E-state index contributed by atoms with van der Waals surface area (Å²) in [6.45, 7) is 6.51. The van der Waals surface area contributed by atoms with Gasteiger partial charge >= 0.3 is 0 Å². The zero-order valence-electron chi connectivity index (χ0n) is 14.4. The van der Waals surface area contributed by atoms with Gasteiger partial charge in [-0.25, -0.2) is 4.98 Å². The number of aliphatic imine (C=N–C) groups is 1. The van der Waals surface area contributed by atoms with Crippen LogP contribution in [0.5, 0.6) is 0 Å². The van der Waals surface area contributed by atoms with Gasteiger partial charge in [-0.05, 0) is 19.1 Å². The number of aryl methyl sites for hydroxylation is 1. The van der Waals surface area contributed by atoms with Crippen molar-refractivity contribution in [2.24, 2.45) is 4.99 Å². The van der Waals surface area contributed by atoms with E-state index in [9.17, 15) is 0 Å². The van der Waals surface area contributed by atoms with Crippen LogP contribution >= 0.6 is 46.9 Å². The summed E-state index contributed by atoms with van der Waals surface area (Å²) < 4.78 is 0. The number of para-hydroxylation sites is 1. The van der Waals surface area contributed by atoms with Gasteiger partial charge < -0.3 is 15.1 Å². The van der Waals surface area contributed by atoms with Gasteiger partial charge in [0.15, 0.2) is 5.96 Å². The Labute approximate surface area is 175 Å². The Bertz CT molecular complexity index is 713. The second kappa shape index (κ2) is 9.59. The molecule has 1 aromatic heterocycles. The Morgan fingerprint density at radius 2 is 2.00 bits per heavy atom. The molecular weight excluding hydrogens is 469 g/mol. The molecule has 1 N–H and O–H groups in total. The molecule has 0 radical (unpaired) electrons. The Kier molecular flexibility index (Phi) is 7.77. The number of piperazine rings is 1. The van der Waals surface area contributed by atoms with Crippen LogP contribution < -0.4 is 10.2 Å². The summed E-state index contributed by atoms with van der Waals surface area (Å²) in [5.74, 6) is 0.944. The van der Waals surface area contributed by atoms with Gasteiger partial charge in [-0.3, -0.25) is 4.99 Å². The number of guanidine groups is 1. The smallest absolute Gasteiger partial charge is 0.194 e. The fourth-order valence-electron chi connectivity index (χ4n) is 2.85. The summed E-state index contributed by atoms with van der Waals surface area (Å²) >= 11 is 8.02. The van der Waals surface area contributed by atoms with Crippen molar-refractivity contribution in [1.29, 1.82) is 0 Å². The molecule has 0 amide bonds. The van der Waals surface area contributed by atoms with E-state index in [0.29, 0.717) is 0 Å². The second-order valence-corrected chi connectivity index (χ2v) is 7.40. The third-order valence-electron chi connectivity index (χ3n) is 4.07. The first-order valence-electron chi connectivity index (χ1n) is 8.04. The number of rotatable bonds is 3. The highest BCUT2D eigenvalue weighted by Crippen LogP contribution is 2.26. The van der Waals surface area contributed by atoms with E-state index < -0.39 is 0 Å². The van der Waals surface area contributed by atoms with Crippen LogP contribution in [-0.4, -0.2) is 49.1 Å². The number of benzene rings is 1. The maximum atomic E-state index is 6.31. The molecule has 25 heavy (non-hydrogen) atoms. The Morgan fingerprint density at radius 1 is 1.28 bits per heavy atom. The minimum Gasteiger partial charge on any atom is -0.367 e. The lowest BCUT2D eigenvalue weighted by Crippen LogP contribution is -2.52. The highest BCUT2D eigenvalue weighted by atomic mass is 127. The lowest BCUT2D eigenvalue weighted by molar-refractivity contribution is 0.372. The molecule has 2 heterocycles. The predicted octanol–water partition coefficient (Wildman–Crippen LogP) is 3.62. The molecule has 136 valence electrons. The average molecular weight is 492 g/mol. The number of nitrogens with zero attached hydrogens (tertiary/aromatic N) is 4. The molecule has 3 rings (SSSR count). The standard InChI is InChI=1S/C17H22ClN5S.HI/c1-13-20-11-14(24-13)12-21-17(19-2)23-9-7-22(8-10-23)16-6-4-3-5-15(16)18;/h3-6,11H,7-10,12H2,1-2H3,(H,19,21);1H. The van der Waals surface area contributed by atoms with Crippen molar-refractivity contribution in [2.45, 2.75) is 13.5 Å². The summed E-state index contributed by atoms with van der Waals surface area (Å²) in [4.78, 5) is 14.6. The van der Waals surface area contributed by atoms with Gasteiger partial charge in [0.05, 0.1) is 22.3 Å². The van der Waals surface area contributed by atoms with Gasteiger partial charge in [-0.2, -0.15) is 0 Å². The number of thiazole rings is 1. The van der Waals surface area contributed by atoms with Crippen LogP contribution in [0.4, 0.5) is 5.69 Å². The summed E-state index contributed by atoms with van der Waals surface area (Å²) in [7, 11) is 1.83. The molecule has 0 atom stereocenters. The lowest BCUT2D eigenvalue weighted by atomic mass is 10.2. The van der Waals surface area contributed by atoms with Crippen molar-refractivity contribution >= 4 is 58.6 Å². The molecule has 0 saturated carbocycles. The van der Waals surface area contributed by atoms with Crippen molar-refractivity contribution in [3.05, 3.63) is 45.4 Å². The van der Waals surface area contributed by atoms with E-state index in [1.807, 2.05) is 38.4 Å². The summed E-state index contributed by atoms with van der Waals surface area (Å²) in [5, 5.41) is 5.34. The first-order chi connectivity index (χ1) is 11.7. The number of hydrogen-bond acceptors (Lipinski definition) is 4. The molecule has 1 saturated heterocycles. The molecule has 1 fully saturated rings. The van der Waals surface area contributed by atoms with Crippen LogP contribution in [0.25, 0.3) is 0 Å². The number of nitrogens with one attached hydrogen (secondary N) is 1. The second-order valence-electron chi connectivity index (χ2n) is 5.67. The van der Waals surface area contributed by atoms with Gasteiger partial charge in [0.1, 0.15) is 0 Å². The molecule has 2 aromatic rings. The molecular formula is C17H23ClIN5S. The van der Waals surface area contributed by atoms with Gasteiger partial charge in [-0.1, -0.05) is 23.7 Å². The van der Waals surface area contributed by atoms with E-state index in [4.69, 9.17) is 11.6 Å². The number of halogens is 2. The largest absolute Gasteiger partial charge is 0.367 e. The van der Waals surface area contributed by atoms with Crippen molar-refractivity contribution < 1.29 is 0 Å². The number of anilines is 1. The van der Waals surface area contributed by atoms with Crippen LogP contribution in [0.2, 0.25) is 5.02 Å². The fourth-order valence-corrected chi connectivity index (χ4v) is 3.84. The van der Waals surface area contributed by atoms with Crippen LogP contribution in [0.1, 0.15) is 9.88 Å². The average Bonchev–Trinajstić information content (AvgIpc) is 3.02. The Hall–Kier alpha value is -1.06. The summed E-state index contributed by atoms with van der Waals surface area (Å²) in [6.07, 6.45) is 1.93. The van der Waals surface area contributed by atoms with Crippen molar-refractivity contribution in [2.75, 3.05) is 38.1 Å². The molecule has 0 aliphatic carbocycles. The quantitative estimate of drug-likeness (QED) is 0.405. The topological polar surface area (TPSA) is 43.8 Å². The SMILES string of the molecule is CN=C(NCc1cnc(C)s1)N1CCN(c2ccccc2Cl)CC1.I. The number of hydrogen-bond donors (Lipinski definition) is 1. The first kappa shape index (κ1) is 20.3. The maximum absolute atomic E-state index is 6.31. The van der Waals surface area contributed by atoms with Gasteiger partial charge in [0.25, 0.3) is 0 Å². The van der Waals surface area contributed by atoms with E-state index in [1.54, 1.807) is 11.3 Å². The van der Waals surface area contributed by atoms with Crippen molar-refractivity contribution in [3.63, 3.8) is 0 Å². The van der Waals surface area contributed by atoms with E-state index in [1.165, 1.54) is 4.88 Å². The van der Waals surface area contributed by atoms with E-state index in [0.717, 1.165) is 54.4 Å². The van der Waals surface area contributed by atoms with E-state index >= 15 is 0 Å². The Morgan fingerprint density at radius 3 is 2.60 bits per heavy atom. The predicted molar refractivity (Wildman–Crippen MR) is 118 cm³/mol. The van der Waals surface area contributed by atoms with Crippen LogP contribution in [0.3, 0.4) is 0 Å². The zero-order chi connectivity index (χ0) is 16.9. The third-order valence-corrected chi connectivity index (χ3v) is 5.31. The monoisotopic (exact) mass is 491 g/mol. The molecule has 1 aromatic carbocycles. The van der Waals surface area contributed by atoms with Gasteiger partial charge in [0, 0.05) is 44.3 Å².